The van der Waals surface area contributed by atoms with E-state index in [4.69, 9.17) is 0 Å². The molecule has 0 aliphatic carbocycles. The molecule has 2 N–H and O–H groups in total. The Balaban J connectivity index is 1.99. The van der Waals surface area contributed by atoms with Gasteiger partial charge in [-0.1, -0.05) is 43.3 Å². The molecule has 0 bridgehead atoms. The summed E-state index contributed by atoms with van der Waals surface area (Å²) in [7, 11) is 0. The average molecular weight is 295 g/mol. The molecule has 2 rings (SSSR count). The quantitative estimate of drug-likeness (QED) is 0.657. The highest BCUT2D eigenvalue weighted by Gasteiger charge is 2.06. The van der Waals surface area contributed by atoms with Gasteiger partial charge >= 0.3 is 0 Å². The standard InChI is InChI=1S/C17H17N3O2/c1-2-16(21)19-15-10-6-9-14(11-15)17(22)20-18-12-13-7-4-3-5-8-13/h3-12H,2H2,1H3,(H,19,21)(H,20,22)/b18-12+. The van der Waals surface area contributed by atoms with Crippen LogP contribution in [-0.2, 0) is 4.79 Å². The third-order valence-electron chi connectivity index (χ3n) is 2.91. The number of amides is 2. The van der Waals surface area contributed by atoms with Crippen LogP contribution in [0.1, 0.15) is 29.3 Å². The summed E-state index contributed by atoms with van der Waals surface area (Å²) in [5.74, 6) is -0.431. The van der Waals surface area contributed by atoms with E-state index in [0.717, 1.165) is 5.56 Å². The van der Waals surface area contributed by atoms with E-state index in [2.05, 4.69) is 15.8 Å². The fourth-order valence-corrected chi connectivity index (χ4v) is 1.76. The van der Waals surface area contributed by atoms with Gasteiger partial charge in [0, 0.05) is 17.7 Å². The Morgan fingerprint density at radius 3 is 2.59 bits per heavy atom. The van der Waals surface area contributed by atoms with Crippen molar-refractivity contribution in [2.45, 2.75) is 13.3 Å². The van der Waals surface area contributed by atoms with E-state index in [1.807, 2.05) is 30.3 Å². The topological polar surface area (TPSA) is 70.6 Å². The van der Waals surface area contributed by atoms with Crippen LogP contribution < -0.4 is 10.7 Å². The van der Waals surface area contributed by atoms with Crippen LogP contribution >= 0.6 is 0 Å². The zero-order valence-corrected chi connectivity index (χ0v) is 12.2. The lowest BCUT2D eigenvalue weighted by atomic mass is 10.2. The van der Waals surface area contributed by atoms with Crippen LogP contribution in [-0.4, -0.2) is 18.0 Å². The third kappa shape index (κ3) is 4.56. The Morgan fingerprint density at radius 2 is 1.86 bits per heavy atom. The van der Waals surface area contributed by atoms with E-state index >= 15 is 0 Å². The Kier molecular flexibility index (Phi) is 5.43. The van der Waals surface area contributed by atoms with Crippen LogP contribution in [0.2, 0.25) is 0 Å². The largest absolute Gasteiger partial charge is 0.326 e. The molecule has 0 heterocycles. The summed E-state index contributed by atoms with van der Waals surface area (Å²) >= 11 is 0. The number of rotatable bonds is 5. The lowest BCUT2D eigenvalue weighted by Crippen LogP contribution is -2.18. The van der Waals surface area contributed by atoms with Crippen molar-refractivity contribution in [1.82, 2.24) is 5.43 Å². The highest BCUT2D eigenvalue weighted by Crippen LogP contribution is 2.11. The molecule has 0 radical (unpaired) electrons. The number of hydrogen-bond acceptors (Lipinski definition) is 3. The maximum absolute atomic E-state index is 12.0. The van der Waals surface area contributed by atoms with Gasteiger partial charge in [-0.25, -0.2) is 5.43 Å². The van der Waals surface area contributed by atoms with Crippen molar-refractivity contribution in [2.24, 2.45) is 5.10 Å². The summed E-state index contributed by atoms with van der Waals surface area (Å²) in [6, 6.07) is 16.2. The fourth-order valence-electron chi connectivity index (χ4n) is 1.76. The molecule has 0 spiro atoms. The predicted molar refractivity (Wildman–Crippen MR) is 86.9 cm³/mol. The monoisotopic (exact) mass is 295 g/mol. The van der Waals surface area contributed by atoms with Gasteiger partial charge in [0.05, 0.1) is 6.21 Å². The van der Waals surface area contributed by atoms with Crippen molar-refractivity contribution >= 4 is 23.7 Å². The molecule has 0 atom stereocenters. The molecule has 0 aliphatic heterocycles. The summed E-state index contributed by atoms with van der Waals surface area (Å²) in [5, 5.41) is 6.62. The lowest BCUT2D eigenvalue weighted by Gasteiger charge is -2.05. The number of nitrogens with one attached hydrogen (secondary N) is 2. The van der Waals surface area contributed by atoms with Gasteiger partial charge in [-0.05, 0) is 23.8 Å². The van der Waals surface area contributed by atoms with Crippen molar-refractivity contribution in [2.75, 3.05) is 5.32 Å². The fraction of sp³-hybridized carbons (Fsp3) is 0.118. The average Bonchev–Trinajstić information content (AvgIpc) is 2.56. The van der Waals surface area contributed by atoms with E-state index in [-0.39, 0.29) is 11.8 Å². The van der Waals surface area contributed by atoms with Crippen molar-refractivity contribution < 1.29 is 9.59 Å². The normalized spacial score (nSPS) is 10.4. The molecule has 5 nitrogen and oxygen atoms in total. The summed E-state index contributed by atoms with van der Waals surface area (Å²) < 4.78 is 0. The first-order valence-electron chi connectivity index (χ1n) is 6.97. The minimum absolute atomic E-state index is 0.0975. The van der Waals surface area contributed by atoms with E-state index in [1.54, 1.807) is 37.4 Å². The first-order valence-corrected chi connectivity index (χ1v) is 6.97. The first kappa shape index (κ1) is 15.4. The lowest BCUT2D eigenvalue weighted by molar-refractivity contribution is -0.115. The molecule has 2 aromatic rings. The number of nitrogens with zero attached hydrogens (tertiary/aromatic N) is 1. The van der Waals surface area contributed by atoms with Gasteiger partial charge < -0.3 is 5.32 Å². The number of benzene rings is 2. The molecule has 2 amide bonds. The van der Waals surface area contributed by atoms with Crippen LogP contribution in [0.4, 0.5) is 5.69 Å². The summed E-state index contributed by atoms with van der Waals surface area (Å²) in [4.78, 5) is 23.4. The van der Waals surface area contributed by atoms with Gasteiger partial charge in [-0.3, -0.25) is 9.59 Å². The van der Waals surface area contributed by atoms with Crippen molar-refractivity contribution in [3.05, 3.63) is 65.7 Å². The summed E-state index contributed by atoms with van der Waals surface area (Å²) in [6.07, 6.45) is 1.96. The molecule has 0 unspecified atom stereocenters. The van der Waals surface area contributed by atoms with Crippen LogP contribution in [0.15, 0.2) is 59.7 Å². The molecule has 5 heteroatoms. The third-order valence-corrected chi connectivity index (χ3v) is 2.91. The number of hydrazone groups is 1. The molecular formula is C17H17N3O2. The van der Waals surface area contributed by atoms with Gasteiger partial charge in [0.25, 0.3) is 5.91 Å². The van der Waals surface area contributed by atoms with Gasteiger partial charge in [-0.2, -0.15) is 5.10 Å². The highest BCUT2D eigenvalue weighted by atomic mass is 16.2. The SMILES string of the molecule is CCC(=O)Nc1cccc(C(=O)N/N=C/c2ccccc2)c1. The molecule has 22 heavy (non-hydrogen) atoms. The van der Waals surface area contributed by atoms with Crippen LogP contribution in [0.25, 0.3) is 0 Å². The Bertz CT molecular complexity index is 681. The molecule has 2 aromatic carbocycles. The summed E-state index contributed by atoms with van der Waals surface area (Å²) in [5.41, 5.74) is 4.37. The molecule has 112 valence electrons. The van der Waals surface area contributed by atoms with Gasteiger partial charge in [0.1, 0.15) is 0 Å². The molecule has 0 aliphatic rings. The first-order chi connectivity index (χ1) is 10.7. The van der Waals surface area contributed by atoms with Gasteiger partial charge in [0.15, 0.2) is 0 Å². The zero-order chi connectivity index (χ0) is 15.8. The van der Waals surface area contributed by atoms with Crippen LogP contribution in [0, 0.1) is 0 Å². The Labute approximate surface area is 129 Å². The van der Waals surface area contributed by atoms with Gasteiger partial charge in [0.2, 0.25) is 5.91 Å². The highest BCUT2D eigenvalue weighted by molar-refractivity contribution is 5.97. The van der Waals surface area contributed by atoms with E-state index in [9.17, 15) is 9.59 Å². The second-order valence-electron chi connectivity index (χ2n) is 4.59. The summed E-state index contributed by atoms with van der Waals surface area (Å²) in [6.45, 7) is 1.77. The minimum atomic E-state index is -0.334. The number of hydrogen-bond donors (Lipinski definition) is 2. The molecule has 0 saturated carbocycles. The van der Waals surface area contributed by atoms with Crippen LogP contribution in [0.5, 0.6) is 0 Å². The van der Waals surface area contributed by atoms with E-state index in [1.165, 1.54) is 0 Å². The molecule has 0 aromatic heterocycles. The van der Waals surface area contributed by atoms with E-state index in [0.29, 0.717) is 17.7 Å². The predicted octanol–water partition coefficient (Wildman–Crippen LogP) is 2.80. The molecule has 0 saturated heterocycles. The Morgan fingerprint density at radius 1 is 1.09 bits per heavy atom. The minimum Gasteiger partial charge on any atom is -0.326 e. The second kappa shape index (κ2) is 7.73. The van der Waals surface area contributed by atoms with E-state index < -0.39 is 0 Å². The second-order valence-corrected chi connectivity index (χ2v) is 4.59. The Hall–Kier alpha value is -2.95. The van der Waals surface area contributed by atoms with Crippen molar-refractivity contribution in [3.8, 4) is 0 Å². The van der Waals surface area contributed by atoms with Crippen LogP contribution in [0.3, 0.4) is 0 Å². The smallest absolute Gasteiger partial charge is 0.271 e. The van der Waals surface area contributed by atoms with Crippen molar-refractivity contribution in [1.29, 1.82) is 0 Å². The molecular weight excluding hydrogens is 278 g/mol. The maximum atomic E-state index is 12.0. The number of anilines is 1. The van der Waals surface area contributed by atoms with Gasteiger partial charge in [-0.15, -0.1) is 0 Å². The molecule has 0 fully saturated rings. The maximum Gasteiger partial charge on any atom is 0.271 e. The van der Waals surface area contributed by atoms with Crippen molar-refractivity contribution in [3.63, 3.8) is 0 Å². The number of carbonyl (C=O) groups excluding carboxylic acids is 2. The zero-order valence-electron chi connectivity index (χ0n) is 12.2. The number of carbonyl (C=O) groups is 2.